The van der Waals surface area contributed by atoms with Crippen molar-refractivity contribution in [2.75, 3.05) is 0 Å². The van der Waals surface area contributed by atoms with Gasteiger partial charge in [-0.2, -0.15) is 0 Å². The number of hydrogen-bond acceptors (Lipinski definition) is 3. The molecule has 0 aliphatic carbocycles. The van der Waals surface area contributed by atoms with E-state index in [1.165, 1.54) is 24.4 Å². The Morgan fingerprint density at radius 3 is 2.54 bits per heavy atom. The fourth-order valence-electron chi connectivity index (χ4n) is 1.98. The van der Waals surface area contributed by atoms with Crippen LogP contribution in [0.5, 0.6) is 0 Å². The van der Waals surface area contributed by atoms with Crippen LogP contribution in [0.25, 0.3) is 0 Å². The molecule has 5 nitrogen and oxygen atoms in total. The van der Waals surface area contributed by atoms with E-state index in [0.717, 1.165) is 12.0 Å². The van der Waals surface area contributed by atoms with Crippen LogP contribution in [0.15, 0.2) is 42.6 Å². The van der Waals surface area contributed by atoms with Gasteiger partial charge in [0.25, 0.3) is 11.8 Å². The Balaban J connectivity index is 2.00. The lowest BCUT2D eigenvalue weighted by atomic mass is 10.1. The molecule has 126 valence electrons. The average molecular weight is 329 g/mol. The Bertz CT molecular complexity index is 716. The first-order valence-corrected chi connectivity index (χ1v) is 7.79. The normalized spacial score (nSPS) is 11.6. The molecule has 2 rings (SSSR count). The van der Waals surface area contributed by atoms with Crippen LogP contribution in [0.4, 0.5) is 4.39 Å². The van der Waals surface area contributed by atoms with Crippen molar-refractivity contribution in [1.29, 1.82) is 0 Å². The lowest BCUT2D eigenvalue weighted by molar-refractivity contribution is 0.0934. The maximum atomic E-state index is 12.9. The lowest BCUT2D eigenvalue weighted by Crippen LogP contribution is -2.32. The number of rotatable bonds is 6. The molecule has 0 aliphatic rings. The molecule has 1 unspecified atom stereocenters. The molecule has 0 bridgehead atoms. The standard InChI is InChI=1S/C18H20FN3O2/c1-3-12(2)22-18(24)16-10-14(8-9-20-16)17(23)21-11-13-4-6-15(19)7-5-13/h4-10,12H,3,11H2,1-2H3,(H,21,23)(H,22,24). The number of nitrogens with zero attached hydrogens (tertiary/aromatic N) is 1. The van der Waals surface area contributed by atoms with Crippen LogP contribution >= 0.6 is 0 Å². The second-order valence-electron chi connectivity index (χ2n) is 5.52. The molecular formula is C18H20FN3O2. The number of pyridine rings is 1. The minimum absolute atomic E-state index is 0.0373. The Labute approximate surface area is 140 Å². The zero-order chi connectivity index (χ0) is 17.5. The predicted octanol–water partition coefficient (Wildman–Crippen LogP) is 2.68. The van der Waals surface area contributed by atoms with Crippen molar-refractivity contribution in [2.45, 2.75) is 32.9 Å². The van der Waals surface area contributed by atoms with Crippen LogP contribution in [0.2, 0.25) is 0 Å². The number of aromatic nitrogens is 1. The molecule has 1 heterocycles. The van der Waals surface area contributed by atoms with E-state index in [9.17, 15) is 14.0 Å². The maximum Gasteiger partial charge on any atom is 0.270 e. The number of carbonyl (C=O) groups is 2. The van der Waals surface area contributed by atoms with Crippen LogP contribution in [-0.4, -0.2) is 22.8 Å². The van der Waals surface area contributed by atoms with Gasteiger partial charge in [-0.3, -0.25) is 14.6 Å². The van der Waals surface area contributed by atoms with Crippen molar-refractivity contribution in [2.24, 2.45) is 0 Å². The van der Waals surface area contributed by atoms with Gasteiger partial charge in [0.2, 0.25) is 0 Å². The van der Waals surface area contributed by atoms with Gasteiger partial charge in [0.1, 0.15) is 11.5 Å². The molecule has 24 heavy (non-hydrogen) atoms. The quantitative estimate of drug-likeness (QED) is 0.856. The van der Waals surface area contributed by atoms with Gasteiger partial charge in [-0.05, 0) is 43.2 Å². The molecule has 0 spiro atoms. The smallest absolute Gasteiger partial charge is 0.270 e. The monoisotopic (exact) mass is 329 g/mol. The van der Waals surface area contributed by atoms with Gasteiger partial charge in [-0.1, -0.05) is 19.1 Å². The van der Waals surface area contributed by atoms with E-state index in [1.54, 1.807) is 18.2 Å². The Morgan fingerprint density at radius 2 is 1.88 bits per heavy atom. The van der Waals surface area contributed by atoms with E-state index in [2.05, 4.69) is 15.6 Å². The fourth-order valence-corrected chi connectivity index (χ4v) is 1.98. The molecule has 0 aliphatic heterocycles. The molecule has 0 saturated carbocycles. The number of carbonyl (C=O) groups excluding carboxylic acids is 2. The molecule has 0 fully saturated rings. The summed E-state index contributed by atoms with van der Waals surface area (Å²) in [6.45, 7) is 4.14. The molecular weight excluding hydrogens is 309 g/mol. The maximum absolute atomic E-state index is 12.9. The molecule has 1 aromatic carbocycles. The first-order valence-electron chi connectivity index (χ1n) is 7.79. The largest absolute Gasteiger partial charge is 0.348 e. The third kappa shape index (κ3) is 4.87. The topological polar surface area (TPSA) is 71.1 Å². The molecule has 1 atom stereocenters. The summed E-state index contributed by atoms with van der Waals surface area (Å²) in [5, 5.41) is 5.54. The molecule has 2 N–H and O–H groups in total. The molecule has 0 radical (unpaired) electrons. The van der Waals surface area contributed by atoms with Crippen molar-refractivity contribution in [1.82, 2.24) is 15.6 Å². The summed E-state index contributed by atoms with van der Waals surface area (Å²) in [4.78, 5) is 28.3. The van der Waals surface area contributed by atoms with Gasteiger partial charge in [-0.15, -0.1) is 0 Å². The summed E-state index contributed by atoms with van der Waals surface area (Å²) >= 11 is 0. The first kappa shape index (κ1) is 17.6. The molecule has 0 saturated heterocycles. The van der Waals surface area contributed by atoms with E-state index in [0.29, 0.717) is 5.56 Å². The summed E-state index contributed by atoms with van der Waals surface area (Å²) < 4.78 is 12.9. The number of nitrogens with one attached hydrogen (secondary N) is 2. The SMILES string of the molecule is CCC(C)NC(=O)c1cc(C(=O)NCc2ccc(F)cc2)ccn1. The Hall–Kier alpha value is -2.76. The summed E-state index contributed by atoms with van der Waals surface area (Å²) in [6.07, 6.45) is 2.24. The first-order chi connectivity index (χ1) is 11.5. The second kappa shape index (κ2) is 8.19. The van der Waals surface area contributed by atoms with Gasteiger partial charge in [-0.25, -0.2) is 4.39 Å². The fraction of sp³-hybridized carbons (Fsp3) is 0.278. The number of halogens is 1. The van der Waals surface area contributed by atoms with Gasteiger partial charge in [0, 0.05) is 24.3 Å². The molecule has 1 aromatic heterocycles. The predicted molar refractivity (Wildman–Crippen MR) is 89.0 cm³/mol. The van der Waals surface area contributed by atoms with Crippen LogP contribution in [0, 0.1) is 5.82 Å². The van der Waals surface area contributed by atoms with Crippen LogP contribution in [0.1, 0.15) is 46.7 Å². The zero-order valence-corrected chi connectivity index (χ0v) is 13.7. The van der Waals surface area contributed by atoms with Gasteiger partial charge < -0.3 is 10.6 Å². The van der Waals surface area contributed by atoms with Crippen molar-refractivity contribution < 1.29 is 14.0 Å². The third-order valence-electron chi connectivity index (χ3n) is 3.61. The Morgan fingerprint density at radius 1 is 1.17 bits per heavy atom. The lowest BCUT2D eigenvalue weighted by Gasteiger charge is -2.11. The number of amides is 2. The van der Waals surface area contributed by atoms with Crippen molar-refractivity contribution >= 4 is 11.8 Å². The minimum Gasteiger partial charge on any atom is -0.348 e. The molecule has 2 amide bonds. The third-order valence-corrected chi connectivity index (χ3v) is 3.61. The highest BCUT2D eigenvalue weighted by Crippen LogP contribution is 2.05. The van der Waals surface area contributed by atoms with Crippen molar-refractivity contribution in [3.05, 3.63) is 65.2 Å². The highest BCUT2D eigenvalue weighted by atomic mass is 19.1. The van der Waals surface area contributed by atoms with Crippen LogP contribution in [0.3, 0.4) is 0 Å². The molecule has 2 aromatic rings. The van der Waals surface area contributed by atoms with E-state index >= 15 is 0 Å². The van der Waals surface area contributed by atoms with Crippen LogP contribution in [-0.2, 0) is 6.54 Å². The summed E-state index contributed by atoms with van der Waals surface area (Å²) in [5.74, 6) is -0.951. The van der Waals surface area contributed by atoms with E-state index < -0.39 is 0 Å². The highest BCUT2D eigenvalue weighted by molar-refractivity contribution is 5.98. The number of benzene rings is 1. The van der Waals surface area contributed by atoms with E-state index in [4.69, 9.17) is 0 Å². The van der Waals surface area contributed by atoms with Gasteiger partial charge in [0.05, 0.1) is 0 Å². The number of hydrogen-bond donors (Lipinski definition) is 2. The summed E-state index contributed by atoms with van der Waals surface area (Å²) in [6, 6.07) is 8.92. The van der Waals surface area contributed by atoms with Crippen LogP contribution < -0.4 is 10.6 Å². The second-order valence-corrected chi connectivity index (χ2v) is 5.52. The van der Waals surface area contributed by atoms with Gasteiger partial charge in [0.15, 0.2) is 0 Å². The van der Waals surface area contributed by atoms with E-state index in [1.807, 2.05) is 13.8 Å². The van der Waals surface area contributed by atoms with Crippen molar-refractivity contribution in [3.8, 4) is 0 Å². The Kier molecular flexibility index (Phi) is 6.01. The highest BCUT2D eigenvalue weighted by Gasteiger charge is 2.13. The average Bonchev–Trinajstić information content (AvgIpc) is 2.60. The van der Waals surface area contributed by atoms with Crippen molar-refractivity contribution in [3.63, 3.8) is 0 Å². The van der Waals surface area contributed by atoms with Gasteiger partial charge >= 0.3 is 0 Å². The summed E-state index contributed by atoms with van der Waals surface area (Å²) in [7, 11) is 0. The molecule has 6 heteroatoms. The zero-order valence-electron chi connectivity index (χ0n) is 13.7. The van der Waals surface area contributed by atoms with E-state index in [-0.39, 0.29) is 35.9 Å². The summed E-state index contributed by atoms with van der Waals surface area (Å²) in [5.41, 5.74) is 1.33. The minimum atomic E-state index is -0.323.